The second-order valence-electron chi connectivity index (χ2n) is 7.45. The van der Waals surface area contributed by atoms with Crippen LogP contribution in [0.5, 0.6) is 17.2 Å². The highest BCUT2D eigenvalue weighted by atomic mass is 32.1. The Balaban J connectivity index is 1.59. The first-order valence-corrected chi connectivity index (χ1v) is 10.9. The summed E-state index contributed by atoms with van der Waals surface area (Å²) in [7, 11) is 3.00. The summed E-state index contributed by atoms with van der Waals surface area (Å²) in [4.78, 5) is 27.0. The van der Waals surface area contributed by atoms with E-state index >= 15 is 0 Å². The van der Waals surface area contributed by atoms with Gasteiger partial charge in [-0.15, -0.1) is 0 Å². The van der Waals surface area contributed by atoms with Crippen LogP contribution in [-0.4, -0.2) is 31.1 Å². The second-order valence-corrected chi connectivity index (χ2v) is 7.83. The number of ether oxygens (including phenoxy) is 3. The lowest BCUT2D eigenvalue weighted by Crippen LogP contribution is -2.54. The molecule has 7 nitrogen and oxygen atoms in total. The van der Waals surface area contributed by atoms with Gasteiger partial charge in [0.05, 0.1) is 19.9 Å². The van der Waals surface area contributed by atoms with Crippen molar-refractivity contribution in [1.29, 1.82) is 0 Å². The van der Waals surface area contributed by atoms with E-state index in [-0.39, 0.29) is 23.1 Å². The number of hydrogen-bond acceptors (Lipinski definition) is 6. The molecule has 0 bridgehead atoms. The van der Waals surface area contributed by atoms with Gasteiger partial charge in [-0.3, -0.25) is 19.8 Å². The van der Waals surface area contributed by atoms with Gasteiger partial charge in [0.15, 0.2) is 16.6 Å². The molecule has 0 saturated carbocycles. The minimum absolute atomic E-state index is 0.0125. The highest BCUT2D eigenvalue weighted by molar-refractivity contribution is 7.80. The maximum Gasteiger partial charge on any atom is 0.270 e. The Labute approximate surface area is 206 Å². The number of methoxy groups -OCH3 is 2. The van der Waals surface area contributed by atoms with Crippen LogP contribution in [0.2, 0.25) is 0 Å². The van der Waals surface area contributed by atoms with Crippen LogP contribution in [0.3, 0.4) is 0 Å². The Hall–Kier alpha value is -4.24. The summed E-state index contributed by atoms with van der Waals surface area (Å²) in [5, 5.41) is 2.53. The third-order valence-electron chi connectivity index (χ3n) is 5.27. The van der Waals surface area contributed by atoms with Crippen molar-refractivity contribution < 1.29 is 28.2 Å². The molecule has 4 rings (SSSR count). The number of carbonyl (C=O) groups excluding carboxylic acids is 2. The van der Waals surface area contributed by atoms with Gasteiger partial charge in [-0.25, -0.2) is 4.39 Å². The van der Waals surface area contributed by atoms with Gasteiger partial charge in [-0.2, -0.15) is 0 Å². The van der Waals surface area contributed by atoms with Crippen molar-refractivity contribution in [2.24, 2.45) is 0 Å². The van der Waals surface area contributed by atoms with E-state index in [0.29, 0.717) is 34.1 Å². The normalized spacial score (nSPS) is 14.7. The minimum Gasteiger partial charge on any atom is -0.497 e. The lowest BCUT2D eigenvalue weighted by Gasteiger charge is -2.29. The zero-order valence-electron chi connectivity index (χ0n) is 18.9. The van der Waals surface area contributed by atoms with Gasteiger partial charge in [0.2, 0.25) is 0 Å². The number of nitrogens with one attached hydrogen (secondary N) is 1. The van der Waals surface area contributed by atoms with Gasteiger partial charge < -0.3 is 14.2 Å². The monoisotopic (exact) mass is 492 g/mol. The van der Waals surface area contributed by atoms with Crippen LogP contribution in [0.15, 0.2) is 72.3 Å². The van der Waals surface area contributed by atoms with Crippen LogP contribution in [0, 0.1) is 5.82 Å². The average molecular weight is 493 g/mol. The molecule has 0 aromatic heterocycles. The topological polar surface area (TPSA) is 77.1 Å². The lowest BCUT2D eigenvalue weighted by atomic mass is 10.1. The van der Waals surface area contributed by atoms with E-state index in [1.807, 2.05) is 0 Å². The molecule has 1 saturated heterocycles. The molecule has 0 atom stereocenters. The molecule has 3 aromatic carbocycles. The van der Waals surface area contributed by atoms with Crippen LogP contribution < -0.4 is 24.4 Å². The fourth-order valence-corrected chi connectivity index (χ4v) is 3.74. The molecule has 0 unspecified atom stereocenters. The van der Waals surface area contributed by atoms with Crippen molar-refractivity contribution >= 4 is 40.9 Å². The SMILES string of the molecule is COc1ccc(N2C(=O)C(=Cc3ccc(OCc4ccccc4F)c(OC)c3)C(=O)NC2=S)cc1. The van der Waals surface area contributed by atoms with E-state index in [1.165, 1.54) is 31.3 Å². The summed E-state index contributed by atoms with van der Waals surface area (Å²) in [5.41, 5.74) is 1.32. The summed E-state index contributed by atoms with van der Waals surface area (Å²) >= 11 is 5.23. The summed E-state index contributed by atoms with van der Waals surface area (Å²) in [5.74, 6) is -0.172. The van der Waals surface area contributed by atoms with Crippen molar-refractivity contribution in [3.8, 4) is 17.2 Å². The molecule has 1 aliphatic rings. The Bertz CT molecular complexity index is 1320. The molecule has 0 radical (unpaired) electrons. The van der Waals surface area contributed by atoms with E-state index in [4.69, 9.17) is 26.4 Å². The Morgan fingerprint density at radius 1 is 0.971 bits per heavy atom. The highest BCUT2D eigenvalue weighted by Crippen LogP contribution is 2.31. The number of benzene rings is 3. The number of hydrogen-bond donors (Lipinski definition) is 1. The number of amides is 2. The number of carbonyl (C=O) groups is 2. The highest BCUT2D eigenvalue weighted by Gasteiger charge is 2.34. The molecular formula is C26H21FN2O5S. The van der Waals surface area contributed by atoms with E-state index in [1.54, 1.807) is 60.7 Å². The third kappa shape index (κ3) is 5.15. The van der Waals surface area contributed by atoms with Crippen molar-refractivity contribution in [2.45, 2.75) is 6.61 Å². The van der Waals surface area contributed by atoms with E-state index < -0.39 is 11.8 Å². The quantitative estimate of drug-likeness (QED) is 0.302. The molecule has 35 heavy (non-hydrogen) atoms. The maximum atomic E-state index is 13.9. The minimum atomic E-state index is -0.608. The smallest absolute Gasteiger partial charge is 0.270 e. The first-order chi connectivity index (χ1) is 16.9. The Morgan fingerprint density at radius 3 is 2.40 bits per heavy atom. The van der Waals surface area contributed by atoms with Crippen molar-refractivity contribution in [3.63, 3.8) is 0 Å². The van der Waals surface area contributed by atoms with E-state index in [0.717, 1.165) is 0 Å². The number of halogens is 1. The van der Waals surface area contributed by atoms with Crippen molar-refractivity contribution in [3.05, 3.63) is 89.2 Å². The van der Waals surface area contributed by atoms with Gasteiger partial charge in [0, 0.05) is 5.56 Å². The van der Waals surface area contributed by atoms with Crippen molar-refractivity contribution in [2.75, 3.05) is 19.1 Å². The molecular weight excluding hydrogens is 471 g/mol. The second kappa shape index (κ2) is 10.4. The first kappa shape index (κ1) is 23.9. The largest absolute Gasteiger partial charge is 0.497 e. The van der Waals surface area contributed by atoms with Crippen LogP contribution >= 0.6 is 12.2 Å². The Kier molecular flexibility index (Phi) is 7.07. The zero-order valence-corrected chi connectivity index (χ0v) is 19.7. The van der Waals surface area contributed by atoms with Crippen LogP contribution in [0.25, 0.3) is 6.08 Å². The summed E-state index contributed by atoms with van der Waals surface area (Å²) in [6.45, 7) is 0.0125. The fourth-order valence-electron chi connectivity index (χ4n) is 3.45. The molecule has 0 spiro atoms. The predicted octanol–water partition coefficient (Wildman–Crippen LogP) is 4.25. The van der Waals surface area contributed by atoms with Crippen LogP contribution in [-0.2, 0) is 16.2 Å². The molecule has 1 N–H and O–H groups in total. The molecule has 0 aliphatic carbocycles. The lowest BCUT2D eigenvalue weighted by molar-refractivity contribution is -0.122. The predicted molar refractivity (Wildman–Crippen MR) is 133 cm³/mol. The Morgan fingerprint density at radius 2 is 1.71 bits per heavy atom. The third-order valence-corrected chi connectivity index (χ3v) is 5.56. The standard InChI is InChI=1S/C26H21FN2O5S/c1-32-19-10-8-18(9-11-19)29-25(31)20(24(30)28-26(29)35)13-16-7-12-22(23(14-16)33-2)34-15-17-5-3-4-6-21(17)27/h3-14H,15H2,1-2H3,(H,28,30,35). The summed E-state index contributed by atoms with van der Waals surface area (Å²) in [6, 6.07) is 18.0. The molecule has 1 aliphatic heterocycles. The molecule has 1 fully saturated rings. The summed E-state index contributed by atoms with van der Waals surface area (Å²) < 4.78 is 30.2. The average Bonchev–Trinajstić information content (AvgIpc) is 2.86. The van der Waals surface area contributed by atoms with Crippen LogP contribution in [0.4, 0.5) is 10.1 Å². The zero-order chi connectivity index (χ0) is 24.9. The van der Waals surface area contributed by atoms with Gasteiger partial charge in [-0.05, 0) is 66.3 Å². The van der Waals surface area contributed by atoms with Crippen molar-refractivity contribution in [1.82, 2.24) is 5.32 Å². The number of thiocarbonyl (C=S) groups is 1. The maximum absolute atomic E-state index is 13.9. The van der Waals surface area contributed by atoms with Gasteiger partial charge >= 0.3 is 0 Å². The molecule has 1 heterocycles. The number of rotatable bonds is 7. The molecule has 2 amide bonds. The van der Waals surface area contributed by atoms with Gasteiger partial charge in [-0.1, -0.05) is 24.3 Å². The molecule has 178 valence electrons. The summed E-state index contributed by atoms with van der Waals surface area (Å²) in [6.07, 6.45) is 1.44. The molecule has 9 heteroatoms. The van der Waals surface area contributed by atoms with E-state index in [9.17, 15) is 14.0 Å². The van der Waals surface area contributed by atoms with E-state index in [2.05, 4.69) is 5.32 Å². The van der Waals surface area contributed by atoms with Gasteiger partial charge in [0.25, 0.3) is 11.8 Å². The number of anilines is 1. The fraction of sp³-hybridized carbons (Fsp3) is 0.115. The number of nitrogens with zero attached hydrogens (tertiary/aromatic N) is 1. The van der Waals surface area contributed by atoms with Gasteiger partial charge in [0.1, 0.15) is 23.7 Å². The first-order valence-electron chi connectivity index (χ1n) is 10.5. The molecule has 3 aromatic rings. The van der Waals surface area contributed by atoms with Crippen LogP contribution in [0.1, 0.15) is 11.1 Å².